The zero-order valence-electron chi connectivity index (χ0n) is 30.0. The summed E-state index contributed by atoms with van der Waals surface area (Å²) in [5, 5.41) is 7.65. The number of nitrogens with zero attached hydrogens (tertiary/aromatic N) is 1. The number of nitrogens with one attached hydrogen (secondary N) is 4. The van der Waals surface area contributed by atoms with Crippen molar-refractivity contribution >= 4 is 39.3 Å². The second kappa shape index (κ2) is 16.2. The van der Waals surface area contributed by atoms with Crippen LogP contribution in [0, 0.1) is 11.3 Å². The van der Waals surface area contributed by atoms with Crippen molar-refractivity contribution in [3.63, 3.8) is 0 Å². The molecular weight excluding hydrogens is 675 g/mol. The van der Waals surface area contributed by atoms with Crippen molar-refractivity contribution in [2.75, 3.05) is 19.4 Å². The summed E-state index contributed by atoms with van der Waals surface area (Å²) in [7, 11) is -1.25. The summed E-state index contributed by atoms with van der Waals surface area (Å²) in [6, 6.07) is 10.9. The number of anilines is 1. The first kappa shape index (κ1) is 41.9. The van der Waals surface area contributed by atoms with E-state index in [-0.39, 0.29) is 23.1 Å². The van der Waals surface area contributed by atoms with Crippen LogP contribution in [0.2, 0.25) is 0 Å². The van der Waals surface area contributed by atoms with Crippen LogP contribution in [-0.4, -0.2) is 75.3 Å². The van der Waals surface area contributed by atoms with Gasteiger partial charge in [-0.25, -0.2) is 13.1 Å². The molecule has 0 fully saturated rings. The standard InChI is InChI=1S/C35H48F3N5O6S/c1-21(2)26(20-22(3)29(44)42-50(48,49)25-18-16-24(17-19-25)40-32(47)35(36,37)38)43(10)31(46)28(33(4,5)6)41-30(45)27(39-9)34(7,8)23-14-12-11-13-15-23/h11-21,26-28,39H,1-10H3,(H,40,47)(H,41,45)(H,42,44)/b22-20+. The lowest BCUT2D eigenvalue weighted by Crippen LogP contribution is -2.61. The number of halogens is 3. The number of amides is 4. The first-order valence-corrected chi connectivity index (χ1v) is 17.4. The zero-order valence-corrected chi connectivity index (χ0v) is 30.8. The van der Waals surface area contributed by atoms with Crippen molar-refractivity contribution in [1.82, 2.24) is 20.3 Å². The molecule has 2 aromatic rings. The normalized spacial score (nSPS) is 14.7. The molecule has 0 radical (unpaired) electrons. The second-order valence-electron chi connectivity index (χ2n) is 14.1. The van der Waals surface area contributed by atoms with E-state index in [1.807, 2.05) is 83.5 Å². The molecule has 4 amide bonds. The van der Waals surface area contributed by atoms with Crippen LogP contribution in [-0.2, 0) is 34.6 Å². The van der Waals surface area contributed by atoms with Crippen molar-refractivity contribution in [2.45, 2.75) is 90.0 Å². The topological polar surface area (TPSA) is 154 Å². The van der Waals surface area contributed by atoms with Crippen molar-refractivity contribution < 1.29 is 40.8 Å². The van der Waals surface area contributed by atoms with Gasteiger partial charge >= 0.3 is 12.1 Å². The fraction of sp³-hybridized carbons (Fsp3) is 0.486. The van der Waals surface area contributed by atoms with Gasteiger partial charge in [-0.1, -0.05) is 84.9 Å². The van der Waals surface area contributed by atoms with E-state index < -0.39 is 67.8 Å². The predicted octanol–water partition coefficient (Wildman–Crippen LogP) is 4.52. The summed E-state index contributed by atoms with van der Waals surface area (Å²) in [5.41, 5.74) is -0.772. The highest BCUT2D eigenvalue weighted by atomic mass is 32.2. The molecule has 0 saturated heterocycles. The van der Waals surface area contributed by atoms with Gasteiger partial charge in [0.25, 0.3) is 15.9 Å². The third-order valence-electron chi connectivity index (χ3n) is 8.35. The summed E-state index contributed by atoms with van der Waals surface area (Å²) >= 11 is 0. The number of hydrogen-bond donors (Lipinski definition) is 4. The number of sulfonamides is 1. The highest BCUT2D eigenvalue weighted by Crippen LogP contribution is 2.29. The highest BCUT2D eigenvalue weighted by molar-refractivity contribution is 7.90. The van der Waals surface area contributed by atoms with Gasteiger partial charge in [0.15, 0.2) is 0 Å². The lowest BCUT2D eigenvalue weighted by Gasteiger charge is -2.40. The van der Waals surface area contributed by atoms with E-state index >= 15 is 0 Å². The second-order valence-corrected chi connectivity index (χ2v) is 15.7. The van der Waals surface area contributed by atoms with Crippen LogP contribution in [0.15, 0.2) is 71.1 Å². The Morgan fingerprint density at radius 1 is 0.860 bits per heavy atom. The fourth-order valence-corrected chi connectivity index (χ4v) is 6.36. The van der Waals surface area contributed by atoms with Crippen LogP contribution >= 0.6 is 0 Å². The SMILES string of the molecule is CNC(C(=O)NC(C(=O)N(C)C(/C=C(\C)C(=O)NS(=O)(=O)c1ccc(NC(=O)C(F)(F)F)cc1)C(C)C)C(C)(C)C)C(C)(C)c1ccccc1. The number of rotatable bonds is 13. The van der Waals surface area contributed by atoms with E-state index in [0.29, 0.717) is 0 Å². The fourth-order valence-electron chi connectivity index (χ4n) is 5.34. The molecule has 0 bridgehead atoms. The maximum atomic E-state index is 14.1. The largest absolute Gasteiger partial charge is 0.471 e. The quantitative estimate of drug-likeness (QED) is 0.222. The molecule has 50 heavy (non-hydrogen) atoms. The van der Waals surface area contributed by atoms with E-state index in [0.717, 1.165) is 29.8 Å². The average molecular weight is 724 g/mol. The molecule has 3 atom stereocenters. The number of hydrogen-bond acceptors (Lipinski definition) is 7. The molecule has 0 saturated carbocycles. The molecule has 0 aliphatic rings. The van der Waals surface area contributed by atoms with Gasteiger partial charge in [0.2, 0.25) is 11.8 Å². The zero-order chi connectivity index (χ0) is 38.4. The minimum absolute atomic E-state index is 0.0304. The molecule has 0 heterocycles. The van der Waals surface area contributed by atoms with E-state index in [1.165, 1.54) is 17.9 Å². The van der Waals surface area contributed by atoms with Crippen molar-refractivity contribution in [1.29, 1.82) is 0 Å². The Labute approximate surface area is 292 Å². The monoisotopic (exact) mass is 723 g/mol. The lowest BCUT2D eigenvalue weighted by molar-refractivity contribution is -0.167. The molecule has 276 valence electrons. The van der Waals surface area contributed by atoms with Gasteiger partial charge in [-0.15, -0.1) is 0 Å². The van der Waals surface area contributed by atoms with E-state index in [9.17, 15) is 40.8 Å². The van der Waals surface area contributed by atoms with Crippen LogP contribution in [0.25, 0.3) is 0 Å². The Balaban J connectivity index is 2.29. The van der Waals surface area contributed by atoms with Gasteiger partial charge in [0, 0.05) is 23.7 Å². The molecule has 0 aliphatic carbocycles. The number of carbonyl (C=O) groups is 4. The van der Waals surface area contributed by atoms with Crippen LogP contribution in [0.1, 0.15) is 61.0 Å². The van der Waals surface area contributed by atoms with Gasteiger partial charge in [0.1, 0.15) is 6.04 Å². The third kappa shape index (κ3) is 10.6. The van der Waals surface area contributed by atoms with E-state index in [1.54, 1.807) is 19.4 Å². The summed E-state index contributed by atoms with van der Waals surface area (Å²) in [6.07, 6.45) is -3.67. The first-order valence-electron chi connectivity index (χ1n) is 15.9. The Morgan fingerprint density at radius 3 is 1.86 bits per heavy atom. The smallest absolute Gasteiger partial charge is 0.342 e. The molecule has 2 rings (SSSR count). The lowest BCUT2D eigenvalue weighted by atomic mass is 9.76. The van der Waals surface area contributed by atoms with E-state index in [4.69, 9.17) is 0 Å². The third-order valence-corrected chi connectivity index (χ3v) is 9.70. The number of likely N-dealkylation sites (N-methyl/N-ethyl adjacent to an activating group) is 2. The molecule has 0 aliphatic heterocycles. The predicted molar refractivity (Wildman–Crippen MR) is 185 cm³/mol. The summed E-state index contributed by atoms with van der Waals surface area (Å²) in [4.78, 5) is 53.1. The average Bonchev–Trinajstić information content (AvgIpc) is 3.01. The number of carbonyl (C=O) groups excluding carboxylic acids is 4. The van der Waals surface area contributed by atoms with Gasteiger partial charge in [-0.2, -0.15) is 13.2 Å². The maximum Gasteiger partial charge on any atom is 0.471 e. The van der Waals surface area contributed by atoms with Gasteiger partial charge in [0.05, 0.1) is 17.0 Å². The molecule has 15 heteroatoms. The number of benzene rings is 2. The van der Waals surface area contributed by atoms with Crippen LogP contribution in [0.4, 0.5) is 18.9 Å². The van der Waals surface area contributed by atoms with Crippen LogP contribution in [0.3, 0.4) is 0 Å². The van der Waals surface area contributed by atoms with E-state index in [2.05, 4.69) is 10.6 Å². The summed E-state index contributed by atoms with van der Waals surface area (Å²) in [5.74, 6) is -4.27. The summed E-state index contributed by atoms with van der Waals surface area (Å²) in [6.45, 7) is 14.3. The van der Waals surface area contributed by atoms with Gasteiger partial charge < -0.3 is 20.9 Å². The highest BCUT2D eigenvalue weighted by Gasteiger charge is 2.42. The first-order chi connectivity index (χ1) is 22.8. The Bertz CT molecular complexity index is 1670. The Hall–Kier alpha value is -4.24. The minimum Gasteiger partial charge on any atom is -0.342 e. The summed E-state index contributed by atoms with van der Waals surface area (Å²) < 4.78 is 65.3. The van der Waals surface area contributed by atoms with Gasteiger partial charge in [-0.3, -0.25) is 19.2 Å². The Kier molecular flexibility index (Phi) is 13.6. The molecule has 4 N–H and O–H groups in total. The van der Waals surface area contributed by atoms with Gasteiger partial charge in [-0.05, 0) is 55.1 Å². The van der Waals surface area contributed by atoms with Crippen LogP contribution in [0.5, 0.6) is 0 Å². The van der Waals surface area contributed by atoms with Crippen molar-refractivity contribution in [3.8, 4) is 0 Å². The molecule has 0 aromatic heterocycles. The minimum atomic E-state index is -5.13. The maximum absolute atomic E-state index is 14.1. The Morgan fingerprint density at radius 2 is 1.40 bits per heavy atom. The molecule has 2 aromatic carbocycles. The molecular formula is C35H48F3N5O6S. The molecule has 3 unspecified atom stereocenters. The number of alkyl halides is 3. The van der Waals surface area contributed by atoms with Crippen LogP contribution < -0.4 is 20.7 Å². The van der Waals surface area contributed by atoms with Crippen molar-refractivity contribution in [3.05, 3.63) is 71.8 Å². The molecule has 0 spiro atoms. The van der Waals surface area contributed by atoms with Crippen molar-refractivity contribution in [2.24, 2.45) is 11.3 Å². The molecule has 11 nitrogen and oxygen atoms in total.